The molecule has 0 aliphatic rings. The summed E-state index contributed by atoms with van der Waals surface area (Å²) in [6.07, 6.45) is -1.02. The SMILES string of the molecule is NCCc1nc(C(=O)NCC(O)C(=O)O)cs1. The average molecular weight is 259 g/mol. The van der Waals surface area contributed by atoms with Gasteiger partial charge in [0.05, 0.1) is 11.6 Å². The van der Waals surface area contributed by atoms with Gasteiger partial charge in [-0.05, 0) is 6.54 Å². The molecule has 0 spiro atoms. The summed E-state index contributed by atoms with van der Waals surface area (Å²) in [4.78, 5) is 25.8. The monoisotopic (exact) mass is 259 g/mol. The number of hydrogen-bond donors (Lipinski definition) is 4. The number of nitrogens with zero attached hydrogens (tertiary/aromatic N) is 1. The highest BCUT2D eigenvalue weighted by Crippen LogP contribution is 2.09. The molecule has 1 rings (SSSR count). The van der Waals surface area contributed by atoms with Crippen molar-refractivity contribution in [3.8, 4) is 0 Å². The van der Waals surface area contributed by atoms with E-state index in [9.17, 15) is 9.59 Å². The Labute approximate surface area is 101 Å². The van der Waals surface area contributed by atoms with E-state index in [2.05, 4.69) is 10.3 Å². The second kappa shape index (κ2) is 6.28. The van der Waals surface area contributed by atoms with Crippen LogP contribution in [0.3, 0.4) is 0 Å². The van der Waals surface area contributed by atoms with Gasteiger partial charge in [-0.2, -0.15) is 0 Å². The zero-order chi connectivity index (χ0) is 12.8. The molecule has 17 heavy (non-hydrogen) atoms. The van der Waals surface area contributed by atoms with E-state index in [-0.39, 0.29) is 12.2 Å². The third-order valence-electron chi connectivity index (χ3n) is 1.88. The third kappa shape index (κ3) is 4.10. The molecule has 0 saturated heterocycles. The molecule has 1 unspecified atom stereocenters. The number of hydrogen-bond acceptors (Lipinski definition) is 6. The maximum Gasteiger partial charge on any atom is 0.334 e. The number of rotatable bonds is 6. The van der Waals surface area contributed by atoms with Gasteiger partial charge in [0.25, 0.3) is 5.91 Å². The van der Waals surface area contributed by atoms with E-state index in [4.69, 9.17) is 15.9 Å². The van der Waals surface area contributed by atoms with Crippen molar-refractivity contribution in [3.05, 3.63) is 16.1 Å². The molecule has 1 atom stereocenters. The number of aliphatic hydroxyl groups is 1. The molecule has 94 valence electrons. The fourth-order valence-corrected chi connectivity index (χ4v) is 1.81. The van der Waals surface area contributed by atoms with E-state index in [0.29, 0.717) is 13.0 Å². The van der Waals surface area contributed by atoms with Gasteiger partial charge in [-0.1, -0.05) is 0 Å². The number of carbonyl (C=O) groups excluding carboxylic acids is 1. The van der Waals surface area contributed by atoms with Crippen molar-refractivity contribution in [2.24, 2.45) is 5.73 Å². The number of amides is 1. The number of thiazole rings is 1. The molecule has 5 N–H and O–H groups in total. The largest absolute Gasteiger partial charge is 0.479 e. The molecule has 1 heterocycles. The minimum Gasteiger partial charge on any atom is -0.479 e. The lowest BCUT2D eigenvalue weighted by Gasteiger charge is -2.05. The van der Waals surface area contributed by atoms with Crippen LogP contribution in [0, 0.1) is 0 Å². The molecule has 0 aliphatic carbocycles. The van der Waals surface area contributed by atoms with Gasteiger partial charge in [-0.3, -0.25) is 4.79 Å². The van der Waals surface area contributed by atoms with Crippen molar-refractivity contribution in [2.75, 3.05) is 13.1 Å². The summed E-state index contributed by atoms with van der Waals surface area (Å²) in [5.74, 6) is -1.89. The molecule has 0 radical (unpaired) electrons. The number of aliphatic carboxylic acids is 1. The average Bonchev–Trinajstić information content (AvgIpc) is 2.74. The number of nitrogens with one attached hydrogen (secondary N) is 1. The normalized spacial score (nSPS) is 12.1. The van der Waals surface area contributed by atoms with Crippen molar-refractivity contribution >= 4 is 23.2 Å². The lowest BCUT2D eigenvalue weighted by Crippen LogP contribution is -2.36. The van der Waals surface area contributed by atoms with Gasteiger partial charge in [0.15, 0.2) is 6.10 Å². The second-order valence-electron chi connectivity index (χ2n) is 3.23. The molecule has 0 bridgehead atoms. The molecule has 0 aromatic carbocycles. The third-order valence-corrected chi connectivity index (χ3v) is 2.79. The van der Waals surface area contributed by atoms with Crippen LogP contribution in [0.4, 0.5) is 0 Å². The van der Waals surface area contributed by atoms with Gasteiger partial charge in [0.2, 0.25) is 0 Å². The smallest absolute Gasteiger partial charge is 0.334 e. The van der Waals surface area contributed by atoms with Gasteiger partial charge in [0.1, 0.15) is 5.69 Å². The number of carboxylic acid groups (broad SMARTS) is 1. The van der Waals surface area contributed by atoms with E-state index in [1.165, 1.54) is 11.3 Å². The Balaban J connectivity index is 2.49. The maximum atomic E-state index is 11.5. The highest BCUT2D eigenvalue weighted by molar-refractivity contribution is 7.09. The molecule has 8 heteroatoms. The minimum atomic E-state index is -1.61. The maximum absolute atomic E-state index is 11.5. The van der Waals surface area contributed by atoms with Gasteiger partial charge in [0, 0.05) is 11.8 Å². The van der Waals surface area contributed by atoms with Crippen LogP contribution < -0.4 is 11.1 Å². The highest BCUT2D eigenvalue weighted by atomic mass is 32.1. The number of aliphatic hydroxyl groups excluding tert-OH is 1. The zero-order valence-electron chi connectivity index (χ0n) is 8.92. The van der Waals surface area contributed by atoms with Crippen molar-refractivity contribution in [1.29, 1.82) is 0 Å². The van der Waals surface area contributed by atoms with Gasteiger partial charge < -0.3 is 21.3 Å². The molecular weight excluding hydrogens is 246 g/mol. The predicted molar refractivity (Wildman–Crippen MR) is 60.8 cm³/mol. The molecular formula is C9H13N3O4S. The Bertz CT molecular complexity index is 407. The molecule has 7 nitrogen and oxygen atoms in total. The molecule has 0 fully saturated rings. The Morgan fingerprint density at radius 1 is 1.59 bits per heavy atom. The molecule has 1 amide bonds. The van der Waals surface area contributed by atoms with Crippen LogP contribution in [0.2, 0.25) is 0 Å². The van der Waals surface area contributed by atoms with Gasteiger partial charge >= 0.3 is 5.97 Å². The number of nitrogens with two attached hydrogens (primary N) is 1. The lowest BCUT2D eigenvalue weighted by molar-refractivity contribution is -0.146. The van der Waals surface area contributed by atoms with Crippen LogP contribution in [0.1, 0.15) is 15.5 Å². The first-order valence-corrected chi connectivity index (χ1v) is 5.76. The minimum absolute atomic E-state index is 0.205. The summed E-state index contributed by atoms with van der Waals surface area (Å²) >= 11 is 1.31. The number of aromatic nitrogens is 1. The summed E-state index contributed by atoms with van der Waals surface area (Å²) in [5.41, 5.74) is 5.55. The summed E-state index contributed by atoms with van der Waals surface area (Å²) in [7, 11) is 0. The van der Waals surface area contributed by atoms with Crippen molar-refractivity contribution in [2.45, 2.75) is 12.5 Å². The van der Waals surface area contributed by atoms with Crippen molar-refractivity contribution in [3.63, 3.8) is 0 Å². The number of carboxylic acids is 1. The van der Waals surface area contributed by atoms with Crippen molar-refractivity contribution < 1.29 is 19.8 Å². The van der Waals surface area contributed by atoms with Crippen LogP contribution in [-0.2, 0) is 11.2 Å². The molecule has 0 saturated carbocycles. The van der Waals surface area contributed by atoms with E-state index < -0.39 is 18.0 Å². The Kier molecular flexibility index (Phi) is 5.01. The quantitative estimate of drug-likeness (QED) is 0.509. The van der Waals surface area contributed by atoms with Gasteiger partial charge in [-0.15, -0.1) is 11.3 Å². The van der Waals surface area contributed by atoms with Crippen LogP contribution in [-0.4, -0.2) is 46.3 Å². The lowest BCUT2D eigenvalue weighted by atomic mass is 10.3. The number of carbonyl (C=O) groups is 2. The van der Waals surface area contributed by atoms with Crippen molar-refractivity contribution in [1.82, 2.24) is 10.3 Å². The zero-order valence-corrected chi connectivity index (χ0v) is 9.74. The first kappa shape index (κ1) is 13.6. The molecule has 1 aromatic rings. The predicted octanol–water partition coefficient (Wildman–Crippen LogP) is -1.18. The molecule has 0 aliphatic heterocycles. The molecule has 1 aromatic heterocycles. The van der Waals surface area contributed by atoms with E-state index in [1.807, 2.05) is 0 Å². The summed E-state index contributed by atoms with van der Waals surface area (Å²) in [6, 6.07) is 0. The van der Waals surface area contributed by atoms with Crippen LogP contribution in [0.5, 0.6) is 0 Å². The second-order valence-corrected chi connectivity index (χ2v) is 4.17. The Hall–Kier alpha value is -1.51. The van der Waals surface area contributed by atoms with E-state index in [1.54, 1.807) is 5.38 Å². The van der Waals surface area contributed by atoms with Crippen LogP contribution in [0.15, 0.2) is 5.38 Å². The first-order chi connectivity index (χ1) is 8.04. The Morgan fingerprint density at radius 3 is 2.88 bits per heavy atom. The Morgan fingerprint density at radius 2 is 2.29 bits per heavy atom. The fraction of sp³-hybridized carbons (Fsp3) is 0.444. The topological polar surface area (TPSA) is 126 Å². The highest BCUT2D eigenvalue weighted by Gasteiger charge is 2.16. The summed E-state index contributed by atoms with van der Waals surface area (Å²) in [5, 5.41) is 22.0. The summed E-state index contributed by atoms with van der Waals surface area (Å²) in [6.45, 7) is 0.101. The van der Waals surface area contributed by atoms with Crippen LogP contribution in [0.25, 0.3) is 0 Å². The fourth-order valence-electron chi connectivity index (χ4n) is 1.02. The van der Waals surface area contributed by atoms with Gasteiger partial charge in [-0.25, -0.2) is 9.78 Å². The standard InChI is InChI=1S/C9H13N3O4S/c10-2-1-7-12-5(4-17-7)8(14)11-3-6(13)9(15)16/h4,6,13H,1-3,10H2,(H,11,14)(H,15,16). The van der Waals surface area contributed by atoms with E-state index >= 15 is 0 Å². The van der Waals surface area contributed by atoms with E-state index in [0.717, 1.165) is 5.01 Å². The first-order valence-electron chi connectivity index (χ1n) is 4.88. The summed E-state index contributed by atoms with van der Waals surface area (Å²) < 4.78 is 0. The van der Waals surface area contributed by atoms with Crippen LogP contribution >= 0.6 is 11.3 Å².